The van der Waals surface area contributed by atoms with Crippen molar-refractivity contribution in [3.8, 4) is 0 Å². The molecule has 1 saturated carbocycles. The van der Waals surface area contributed by atoms with Crippen LogP contribution in [0.4, 0.5) is 5.82 Å². The first-order valence-corrected chi connectivity index (χ1v) is 6.78. The molecule has 1 atom stereocenters. The standard InChI is InChI=1S/C13H16ClN3O/c1-7(2)17-11(8-3-4-8)10(18)5-9-6-15-13(14)16-12(9)17/h6-8,11H,3-5H2,1-2H3/t11-/m1/s1. The summed E-state index contributed by atoms with van der Waals surface area (Å²) in [5, 5.41) is 0.253. The van der Waals surface area contributed by atoms with Gasteiger partial charge in [-0.2, -0.15) is 0 Å². The van der Waals surface area contributed by atoms with Crippen LogP contribution in [-0.2, 0) is 11.2 Å². The van der Waals surface area contributed by atoms with E-state index in [-0.39, 0.29) is 17.4 Å². The van der Waals surface area contributed by atoms with Crippen LogP contribution in [0, 0.1) is 5.92 Å². The van der Waals surface area contributed by atoms with Crippen LogP contribution in [0.1, 0.15) is 32.3 Å². The number of carbonyl (C=O) groups excluding carboxylic acids is 1. The van der Waals surface area contributed by atoms with Gasteiger partial charge in [-0.05, 0) is 44.2 Å². The van der Waals surface area contributed by atoms with Crippen molar-refractivity contribution < 1.29 is 4.79 Å². The fraction of sp³-hybridized carbons (Fsp3) is 0.615. The molecule has 4 nitrogen and oxygen atoms in total. The Morgan fingerprint density at radius 3 is 2.78 bits per heavy atom. The van der Waals surface area contributed by atoms with Gasteiger partial charge in [-0.15, -0.1) is 0 Å². The molecule has 0 unspecified atom stereocenters. The molecular formula is C13H16ClN3O. The molecule has 1 aliphatic heterocycles. The molecule has 3 rings (SSSR count). The van der Waals surface area contributed by atoms with Gasteiger partial charge in [-0.1, -0.05) is 0 Å². The van der Waals surface area contributed by atoms with E-state index in [4.69, 9.17) is 11.6 Å². The van der Waals surface area contributed by atoms with Crippen LogP contribution in [0.15, 0.2) is 6.20 Å². The summed E-state index contributed by atoms with van der Waals surface area (Å²) in [6.45, 7) is 4.18. The molecule has 0 bridgehead atoms. The molecule has 5 heteroatoms. The Morgan fingerprint density at radius 1 is 1.44 bits per heavy atom. The molecule has 18 heavy (non-hydrogen) atoms. The predicted octanol–water partition coefficient (Wildman–Crippen LogP) is 2.25. The Balaban J connectivity index is 2.08. The minimum atomic E-state index is -0.0107. The fourth-order valence-electron chi connectivity index (χ4n) is 2.77. The average Bonchev–Trinajstić information content (AvgIpc) is 3.11. The van der Waals surface area contributed by atoms with Gasteiger partial charge >= 0.3 is 0 Å². The molecule has 2 heterocycles. The lowest BCUT2D eigenvalue weighted by atomic mass is 9.93. The third kappa shape index (κ3) is 1.88. The number of carbonyl (C=O) groups is 1. The lowest BCUT2D eigenvalue weighted by Crippen LogP contribution is -2.51. The number of aromatic nitrogens is 2. The number of hydrogen-bond donors (Lipinski definition) is 0. The summed E-state index contributed by atoms with van der Waals surface area (Å²) in [5.41, 5.74) is 0.898. The SMILES string of the molecule is CC(C)N1c2nc(Cl)ncc2CC(=O)[C@H]1C1CC1. The molecule has 0 N–H and O–H groups in total. The number of nitrogens with zero attached hydrogens (tertiary/aromatic N) is 3. The summed E-state index contributed by atoms with van der Waals surface area (Å²) in [6.07, 6.45) is 4.42. The van der Waals surface area contributed by atoms with Crippen molar-refractivity contribution in [2.45, 2.75) is 45.2 Å². The highest BCUT2D eigenvalue weighted by atomic mass is 35.5. The van der Waals surface area contributed by atoms with Gasteiger partial charge in [0.05, 0.1) is 6.04 Å². The number of fused-ring (bicyclic) bond motifs is 1. The van der Waals surface area contributed by atoms with Crippen LogP contribution in [0.2, 0.25) is 5.28 Å². The quantitative estimate of drug-likeness (QED) is 0.770. The average molecular weight is 266 g/mol. The highest BCUT2D eigenvalue weighted by Gasteiger charge is 2.44. The predicted molar refractivity (Wildman–Crippen MR) is 69.9 cm³/mol. The third-order valence-electron chi connectivity index (χ3n) is 3.68. The van der Waals surface area contributed by atoms with Crippen LogP contribution in [0.25, 0.3) is 0 Å². The molecule has 1 aliphatic carbocycles. The molecule has 1 aromatic rings. The van der Waals surface area contributed by atoms with Crippen molar-refractivity contribution in [1.82, 2.24) is 9.97 Å². The number of anilines is 1. The second kappa shape index (κ2) is 4.19. The van der Waals surface area contributed by atoms with Crippen molar-refractivity contribution in [3.63, 3.8) is 0 Å². The summed E-state index contributed by atoms with van der Waals surface area (Å²) < 4.78 is 0. The summed E-state index contributed by atoms with van der Waals surface area (Å²) >= 11 is 5.89. The third-order valence-corrected chi connectivity index (χ3v) is 3.86. The maximum Gasteiger partial charge on any atom is 0.224 e. The van der Waals surface area contributed by atoms with Crippen LogP contribution in [0.5, 0.6) is 0 Å². The van der Waals surface area contributed by atoms with Gasteiger partial charge in [0.25, 0.3) is 0 Å². The number of Topliss-reactive ketones (excluding diaryl/α,β-unsaturated/α-hetero) is 1. The second-order valence-corrected chi connectivity index (χ2v) is 5.75. The zero-order valence-electron chi connectivity index (χ0n) is 10.6. The molecular weight excluding hydrogens is 250 g/mol. The van der Waals surface area contributed by atoms with Gasteiger partial charge in [0, 0.05) is 24.2 Å². The van der Waals surface area contributed by atoms with E-state index < -0.39 is 0 Å². The smallest absolute Gasteiger partial charge is 0.224 e. The zero-order valence-corrected chi connectivity index (χ0v) is 11.3. The Labute approximate surface area is 111 Å². The second-order valence-electron chi connectivity index (χ2n) is 5.41. The monoisotopic (exact) mass is 265 g/mol. The first-order valence-electron chi connectivity index (χ1n) is 6.40. The van der Waals surface area contributed by atoms with Crippen molar-refractivity contribution >= 4 is 23.2 Å². The van der Waals surface area contributed by atoms with Gasteiger partial charge < -0.3 is 4.90 Å². The van der Waals surface area contributed by atoms with E-state index in [1.165, 1.54) is 0 Å². The van der Waals surface area contributed by atoms with Gasteiger partial charge in [0.1, 0.15) is 5.82 Å². The Morgan fingerprint density at radius 2 is 2.17 bits per heavy atom. The van der Waals surface area contributed by atoms with E-state index in [1.54, 1.807) is 6.20 Å². The number of hydrogen-bond acceptors (Lipinski definition) is 4. The molecule has 0 spiro atoms. The summed E-state index contributed by atoms with van der Waals surface area (Å²) in [7, 11) is 0. The zero-order chi connectivity index (χ0) is 12.9. The van der Waals surface area contributed by atoms with E-state index >= 15 is 0 Å². The van der Waals surface area contributed by atoms with E-state index in [0.29, 0.717) is 18.1 Å². The minimum absolute atomic E-state index is 0.0107. The first kappa shape index (κ1) is 11.9. The van der Waals surface area contributed by atoms with Gasteiger partial charge in [-0.3, -0.25) is 4.79 Å². The van der Waals surface area contributed by atoms with Crippen LogP contribution >= 0.6 is 11.6 Å². The Hall–Kier alpha value is -1.16. The lowest BCUT2D eigenvalue weighted by molar-refractivity contribution is -0.120. The Kier molecular flexibility index (Phi) is 2.77. The van der Waals surface area contributed by atoms with Gasteiger partial charge in [0.15, 0.2) is 5.78 Å². The lowest BCUT2D eigenvalue weighted by Gasteiger charge is -2.39. The Bertz CT molecular complexity index is 499. The molecule has 1 aromatic heterocycles. The van der Waals surface area contributed by atoms with Crippen LogP contribution in [0.3, 0.4) is 0 Å². The molecule has 0 aromatic carbocycles. The van der Waals surface area contributed by atoms with Crippen LogP contribution in [-0.4, -0.2) is 27.8 Å². The van der Waals surface area contributed by atoms with Crippen molar-refractivity contribution in [2.24, 2.45) is 5.92 Å². The fourth-order valence-corrected chi connectivity index (χ4v) is 2.90. The van der Waals surface area contributed by atoms with Crippen molar-refractivity contribution in [1.29, 1.82) is 0 Å². The van der Waals surface area contributed by atoms with Crippen LogP contribution < -0.4 is 4.90 Å². The largest absolute Gasteiger partial charge is 0.343 e. The highest BCUT2D eigenvalue weighted by molar-refractivity contribution is 6.28. The van der Waals surface area contributed by atoms with E-state index in [2.05, 4.69) is 28.7 Å². The molecule has 96 valence electrons. The van der Waals surface area contributed by atoms with Gasteiger partial charge in [0.2, 0.25) is 5.28 Å². The van der Waals surface area contributed by atoms with Gasteiger partial charge in [-0.25, -0.2) is 9.97 Å². The van der Waals surface area contributed by atoms with E-state index in [0.717, 1.165) is 24.2 Å². The normalized spacial score (nSPS) is 23.4. The summed E-state index contributed by atoms with van der Waals surface area (Å²) in [6, 6.07) is 0.230. The highest BCUT2D eigenvalue weighted by Crippen LogP contribution is 2.41. The topological polar surface area (TPSA) is 46.1 Å². The minimum Gasteiger partial charge on any atom is -0.343 e. The number of rotatable bonds is 2. The number of halogens is 1. The molecule has 0 amide bonds. The van der Waals surface area contributed by atoms with E-state index in [1.807, 2.05) is 0 Å². The number of ketones is 1. The van der Waals surface area contributed by atoms with Crippen molar-refractivity contribution in [2.75, 3.05) is 4.90 Å². The van der Waals surface area contributed by atoms with Crippen molar-refractivity contribution in [3.05, 3.63) is 17.0 Å². The van der Waals surface area contributed by atoms with E-state index in [9.17, 15) is 4.79 Å². The summed E-state index contributed by atoms with van der Waals surface area (Å²) in [4.78, 5) is 22.8. The molecule has 0 saturated heterocycles. The summed E-state index contributed by atoms with van der Waals surface area (Å²) in [5.74, 6) is 1.65. The first-order chi connectivity index (χ1) is 8.58. The maximum absolute atomic E-state index is 12.3. The molecule has 2 aliphatic rings. The maximum atomic E-state index is 12.3. The molecule has 1 fully saturated rings. The molecule has 0 radical (unpaired) electrons.